The summed E-state index contributed by atoms with van der Waals surface area (Å²) < 4.78 is 29.2. The third kappa shape index (κ3) is 4.29. The summed E-state index contributed by atoms with van der Waals surface area (Å²) in [5.74, 6) is -0.00358. The van der Waals surface area contributed by atoms with Gasteiger partial charge in [0.2, 0.25) is 10.0 Å². The highest BCUT2D eigenvalue weighted by molar-refractivity contribution is 7.89. The predicted octanol–water partition coefficient (Wildman–Crippen LogP) is 4.07. The Hall–Kier alpha value is -2.20. The molecule has 2 aromatic heterocycles. The van der Waals surface area contributed by atoms with Gasteiger partial charge >= 0.3 is 0 Å². The molecule has 1 N–H and O–H groups in total. The van der Waals surface area contributed by atoms with Gasteiger partial charge in [-0.25, -0.2) is 13.1 Å². The topological polar surface area (TPSA) is 84.3 Å². The first-order valence-electron chi connectivity index (χ1n) is 9.61. The standard InChI is InChI=1S/C20H21ClN4O3S2/c21-16-7-3-2-6-15(16)14-25-18(8-10-22-25)23-20(26)19-17(9-13-29-19)30(27,28)24-11-4-1-5-12-24/h2-3,6-10,13H,1,4-5,11-12,14H2,(H,23,26). The Balaban J connectivity index is 1.55. The molecular weight excluding hydrogens is 444 g/mol. The van der Waals surface area contributed by atoms with Crippen molar-refractivity contribution in [3.8, 4) is 0 Å². The van der Waals surface area contributed by atoms with Crippen LogP contribution in [0.4, 0.5) is 5.82 Å². The number of rotatable bonds is 6. The van der Waals surface area contributed by atoms with Crippen LogP contribution in [-0.2, 0) is 16.6 Å². The molecule has 1 aliphatic heterocycles. The van der Waals surface area contributed by atoms with E-state index < -0.39 is 15.9 Å². The van der Waals surface area contributed by atoms with Crippen molar-refractivity contribution in [1.82, 2.24) is 14.1 Å². The Morgan fingerprint density at radius 1 is 1.13 bits per heavy atom. The number of anilines is 1. The molecule has 1 aromatic carbocycles. The second-order valence-electron chi connectivity index (χ2n) is 7.00. The van der Waals surface area contributed by atoms with Gasteiger partial charge in [-0.1, -0.05) is 36.2 Å². The van der Waals surface area contributed by atoms with Gasteiger partial charge in [0.1, 0.15) is 15.6 Å². The third-order valence-corrected chi connectivity index (χ3v) is 8.36. The SMILES string of the molecule is O=C(Nc1ccnn1Cc1ccccc1Cl)c1sccc1S(=O)(=O)N1CCCCC1. The van der Waals surface area contributed by atoms with Crippen LogP contribution in [0, 0.1) is 0 Å². The molecule has 3 heterocycles. The number of aromatic nitrogens is 2. The van der Waals surface area contributed by atoms with Crippen LogP contribution >= 0.6 is 22.9 Å². The van der Waals surface area contributed by atoms with Gasteiger partial charge in [-0.05, 0) is 35.9 Å². The number of nitrogens with zero attached hydrogens (tertiary/aromatic N) is 3. The summed E-state index contributed by atoms with van der Waals surface area (Å²) in [4.78, 5) is 13.2. The van der Waals surface area contributed by atoms with E-state index in [0.29, 0.717) is 30.5 Å². The van der Waals surface area contributed by atoms with Gasteiger partial charge in [0.25, 0.3) is 5.91 Å². The number of hydrogen-bond acceptors (Lipinski definition) is 5. The van der Waals surface area contributed by atoms with Crippen LogP contribution in [0.2, 0.25) is 5.02 Å². The summed E-state index contributed by atoms with van der Waals surface area (Å²) in [5.41, 5.74) is 0.864. The molecule has 0 bridgehead atoms. The molecule has 0 saturated carbocycles. The Bertz CT molecular complexity index is 1150. The minimum atomic E-state index is -3.69. The Labute approximate surface area is 184 Å². The maximum absolute atomic E-state index is 13.0. The minimum Gasteiger partial charge on any atom is -0.306 e. The molecule has 10 heteroatoms. The van der Waals surface area contributed by atoms with Crippen LogP contribution in [0.3, 0.4) is 0 Å². The maximum atomic E-state index is 13.0. The molecule has 0 aliphatic carbocycles. The fourth-order valence-electron chi connectivity index (χ4n) is 3.44. The molecule has 0 radical (unpaired) electrons. The normalized spacial score (nSPS) is 15.2. The van der Waals surface area contributed by atoms with Crippen molar-refractivity contribution in [2.45, 2.75) is 30.7 Å². The number of carbonyl (C=O) groups excluding carboxylic acids is 1. The lowest BCUT2D eigenvalue weighted by Gasteiger charge is -2.25. The van der Waals surface area contributed by atoms with Gasteiger partial charge in [0, 0.05) is 24.2 Å². The molecule has 30 heavy (non-hydrogen) atoms. The highest BCUT2D eigenvalue weighted by atomic mass is 35.5. The molecule has 7 nitrogen and oxygen atoms in total. The molecule has 1 saturated heterocycles. The van der Waals surface area contributed by atoms with Crippen molar-refractivity contribution >= 4 is 44.7 Å². The number of halogens is 1. The summed E-state index contributed by atoms with van der Waals surface area (Å²) in [6.45, 7) is 1.36. The van der Waals surface area contributed by atoms with Gasteiger partial charge < -0.3 is 5.32 Å². The number of nitrogens with one attached hydrogen (secondary N) is 1. The highest BCUT2D eigenvalue weighted by Gasteiger charge is 2.31. The number of piperidine rings is 1. The summed E-state index contributed by atoms with van der Waals surface area (Å²) in [6, 6.07) is 10.6. The second kappa shape index (κ2) is 8.89. The number of thiophene rings is 1. The number of hydrogen-bond donors (Lipinski definition) is 1. The average molecular weight is 465 g/mol. The summed E-state index contributed by atoms with van der Waals surface area (Å²) in [7, 11) is -3.69. The lowest BCUT2D eigenvalue weighted by Crippen LogP contribution is -2.36. The molecule has 0 unspecified atom stereocenters. The summed E-state index contributed by atoms with van der Waals surface area (Å²) >= 11 is 7.34. The van der Waals surface area contributed by atoms with Gasteiger partial charge in [-0.2, -0.15) is 9.40 Å². The lowest BCUT2D eigenvalue weighted by molar-refractivity contribution is 0.102. The molecule has 1 amide bonds. The number of carbonyl (C=O) groups is 1. The Morgan fingerprint density at radius 2 is 1.90 bits per heavy atom. The van der Waals surface area contributed by atoms with Crippen molar-refractivity contribution in [2.75, 3.05) is 18.4 Å². The first-order valence-corrected chi connectivity index (χ1v) is 12.3. The average Bonchev–Trinajstić information content (AvgIpc) is 3.41. The van der Waals surface area contributed by atoms with E-state index >= 15 is 0 Å². The fourth-order valence-corrected chi connectivity index (χ4v) is 6.44. The molecule has 4 rings (SSSR count). The number of sulfonamides is 1. The fraction of sp³-hybridized carbons (Fsp3) is 0.300. The van der Waals surface area contributed by atoms with E-state index in [1.165, 1.54) is 10.4 Å². The van der Waals surface area contributed by atoms with E-state index in [1.54, 1.807) is 28.4 Å². The predicted molar refractivity (Wildman–Crippen MR) is 118 cm³/mol. The molecule has 3 aromatic rings. The van der Waals surface area contributed by atoms with E-state index in [4.69, 9.17) is 11.6 Å². The van der Waals surface area contributed by atoms with Gasteiger partial charge in [0.15, 0.2) is 0 Å². The maximum Gasteiger partial charge on any atom is 0.268 e. The van der Waals surface area contributed by atoms with Crippen LogP contribution in [0.15, 0.2) is 52.9 Å². The van der Waals surface area contributed by atoms with Crippen molar-refractivity contribution in [2.24, 2.45) is 0 Å². The minimum absolute atomic E-state index is 0.0593. The van der Waals surface area contributed by atoms with Crippen LogP contribution in [0.25, 0.3) is 0 Å². The number of amides is 1. The van der Waals surface area contributed by atoms with E-state index in [9.17, 15) is 13.2 Å². The zero-order valence-electron chi connectivity index (χ0n) is 16.1. The van der Waals surface area contributed by atoms with Gasteiger partial charge in [0.05, 0.1) is 12.7 Å². The monoisotopic (exact) mass is 464 g/mol. The van der Waals surface area contributed by atoms with Gasteiger partial charge in [-0.3, -0.25) is 4.79 Å². The molecule has 1 aliphatic rings. The van der Waals surface area contributed by atoms with Crippen LogP contribution in [0.5, 0.6) is 0 Å². The van der Waals surface area contributed by atoms with E-state index in [1.807, 2.05) is 18.2 Å². The van der Waals surface area contributed by atoms with E-state index in [0.717, 1.165) is 36.2 Å². The molecule has 0 atom stereocenters. The largest absolute Gasteiger partial charge is 0.306 e. The van der Waals surface area contributed by atoms with Crippen LogP contribution in [-0.4, -0.2) is 41.5 Å². The van der Waals surface area contributed by atoms with Crippen LogP contribution in [0.1, 0.15) is 34.5 Å². The summed E-state index contributed by atoms with van der Waals surface area (Å²) in [6.07, 6.45) is 4.28. The second-order valence-corrected chi connectivity index (χ2v) is 10.2. The van der Waals surface area contributed by atoms with E-state index in [-0.39, 0.29) is 9.77 Å². The van der Waals surface area contributed by atoms with Gasteiger partial charge in [-0.15, -0.1) is 11.3 Å². The molecule has 1 fully saturated rings. The van der Waals surface area contributed by atoms with Crippen molar-refractivity contribution < 1.29 is 13.2 Å². The van der Waals surface area contributed by atoms with Crippen LogP contribution < -0.4 is 5.32 Å². The Morgan fingerprint density at radius 3 is 2.67 bits per heavy atom. The smallest absolute Gasteiger partial charge is 0.268 e. The van der Waals surface area contributed by atoms with E-state index in [2.05, 4.69) is 10.4 Å². The first-order chi connectivity index (χ1) is 14.5. The lowest BCUT2D eigenvalue weighted by atomic mass is 10.2. The highest BCUT2D eigenvalue weighted by Crippen LogP contribution is 2.28. The Kier molecular flexibility index (Phi) is 6.24. The zero-order valence-corrected chi connectivity index (χ0v) is 18.5. The molecule has 0 spiro atoms. The molecular formula is C20H21ClN4O3S2. The quantitative estimate of drug-likeness (QED) is 0.595. The number of benzene rings is 1. The summed E-state index contributed by atoms with van der Waals surface area (Å²) in [5, 5.41) is 9.29. The third-order valence-electron chi connectivity index (χ3n) is 5.00. The molecule has 158 valence electrons. The van der Waals surface area contributed by atoms with Crippen molar-refractivity contribution in [1.29, 1.82) is 0 Å². The zero-order chi connectivity index (χ0) is 21.1. The van der Waals surface area contributed by atoms with Crippen molar-refractivity contribution in [3.63, 3.8) is 0 Å². The van der Waals surface area contributed by atoms with Crippen molar-refractivity contribution in [3.05, 3.63) is 63.4 Å². The first kappa shape index (κ1) is 21.0.